The third-order valence-electron chi connectivity index (χ3n) is 2.98. The highest BCUT2D eigenvalue weighted by atomic mass is 16.5. The lowest BCUT2D eigenvalue weighted by Crippen LogP contribution is -2.03. The van der Waals surface area contributed by atoms with Crippen molar-refractivity contribution >= 4 is 5.78 Å². The van der Waals surface area contributed by atoms with Crippen LogP contribution < -0.4 is 4.74 Å². The van der Waals surface area contributed by atoms with Gasteiger partial charge < -0.3 is 4.74 Å². The molecule has 0 amide bonds. The molecule has 19 heavy (non-hydrogen) atoms. The van der Waals surface area contributed by atoms with Crippen LogP contribution in [0.15, 0.2) is 30.3 Å². The maximum atomic E-state index is 11.5. The molecule has 0 atom stereocenters. The van der Waals surface area contributed by atoms with Gasteiger partial charge in [-0.25, -0.2) is 0 Å². The van der Waals surface area contributed by atoms with Crippen molar-refractivity contribution in [3.63, 3.8) is 0 Å². The average molecular weight is 258 g/mol. The Morgan fingerprint density at radius 3 is 2.53 bits per heavy atom. The number of nitrogens with zero attached hydrogens (tertiary/aromatic N) is 2. The zero-order chi connectivity index (χ0) is 13.8. The number of aryl methyl sites for hydroxylation is 2. The van der Waals surface area contributed by atoms with E-state index in [-0.39, 0.29) is 5.78 Å². The van der Waals surface area contributed by atoms with Crippen molar-refractivity contribution in [3.05, 3.63) is 47.3 Å². The van der Waals surface area contributed by atoms with Crippen LogP contribution in [0, 0.1) is 6.92 Å². The Hall–Kier alpha value is -2.10. The molecule has 0 fully saturated rings. The van der Waals surface area contributed by atoms with Gasteiger partial charge in [-0.2, -0.15) is 5.10 Å². The van der Waals surface area contributed by atoms with Gasteiger partial charge in [0.15, 0.2) is 5.78 Å². The van der Waals surface area contributed by atoms with E-state index in [2.05, 4.69) is 5.10 Å². The second-order valence-corrected chi connectivity index (χ2v) is 4.49. The molecule has 2 rings (SSSR count). The SMILES string of the molecule is CCC(=O)c1ccc(OCc2cc(C)nn2C)cc1. The molecule has 0 aliphatic rings. The number of ether oxygens (including phenoxy) is 1. The normalized spacial score (nSPS) is 10.5. The van der Waals surface area contributed by atoms with Crippen LogP contribution in [0.3, 0.4) is 0 Å². The van der Waals surface area contributed by atoms with Crippen LogP contribution in [-0.2, 0) is 13.7 Å². The van der Waals surface area contributed by atoms with Crippen molar-refractivity contribution in [1.29, 1.82) is 0 Å². The molecule has 0 spiro atoms. The maximum Gasteiger partial charge on any atom is 0.162 e. The van der Waals surface area contributed by atoms with Crippen LogP contribution in [0.5, 0.6) is 5.75 Å². The number of Topliss-reactive ketones (excluding diaryl/α,β-unsaturated/α-hetero) is 1. The molecule has 0 unspecified atom stereocenters. The third-order valence-corrected chi connectivity index (χ3v) is 2.98. The van der Waals surface area contributed by atoms with Gasteiger partial charge in [-0.05, 0) is 37.3 Å². The van der Waals surface area contributed by atoms with E-state index in [4.69, 9.17) is 4.74 Å². The minimum absolute atomic E-state index is 0.147. The minimum Gasteiger partial charge on any atom is -0.487 e. The van der Waals surface area contributed by atoms with E-state index in [0.717, 1.165) is 22.7 Å². The molecular weight excluding hydrogens is 240 g/mol. The summed E-state index contributed by atoms with van der Waals surface area (Å²) in [5.74, 6) is 0.903. The largest absolute Gasteiger partial charge is 0.487 e. The highest BCUT2D eigenvalue weighted by Crippen LogP contribution is 2.15. The van der Waals surface area contributed by atoms with Crippen molar-refractivity contribution in [3.8, 4) is 5.75 Å². The first-order chi connectivity index (χ1) is 9.10. The molecule has 4 nitrogen and oxygen atoms in total. The molecular formula is C15H18N2O2. The first-order valence-electron chi connectivity index (χ1n) is 6.35. The summed E-state index contributed by atoms with van der Waals surface area (Å²) >= 11 is 0. The number of rotatable bonds is 5. The van der Waals surface area contributed by atoms with Gasteiger partial charge in [0.2, 0.25) is 0 Å². The Morgan fingerprint density at radius 1 is 1.32 bits per heavy atom. The fourth-order valence-electron chi connectivity index (χ4n) is 1.90. The van der Waals surface area contributed by atoms with Gasteiger partial charge in [-0.3, -0.25) is 9.48 Å². The number of ketones is 1. The Kier molecular flexibility index (Phi) is 4.00. The van der Waals surface area contributed by atoms with Crippen molar-refractivity contribution in [1.82, 2.24) is 9.78 Å². The summed E-state index contributed by atoms with van der Waals surface area (Å²) in [5, 5.41) is 4.26. The van der Waals surface area contributed by atoms with Crippen LogP contribution >= 0.6 is 0 Å². The molecule has 0 saturated heterocycles. The molecule has 2 aromatic rings. The summed E-state index contributed by atoms with van der Waals surface area (Å²) in [7, 11) is 1.90. The lowest BCUT2D eigenvalue weighted by atomic mass is 10.1. The number of hydrogen-bond donors (Lipinski definition) is 0. The monoisotopic (exact) mass is 258 g/mol. The quantitative estimate of drug-likeness (QED) is 0.774. The summed E-state index contributed by atoms with van der Waals surface area (Å²) in [6.45, 7) is 4.28. The van der Waals surface area contributed by atoms with E-state index >= 15 is 0 Å². The second kappa shape index (κ2) is 5.69. The lowest BCUT2D eigenvalue weighted by Gasteiger charge is -2.07. The maximum absolute atomic E-state index is 11.5. The third kappa shape index (κ3) is 3.22. The average Bonchev–Trinajstić information content (AvgIpc) is 2.74. The van der Waals surface area contributed by atoms with E-state index < -0.39 is 0 Å². The van der Waals surface area contributed by atoms with E-state index in [9.17, 15) is 4.79 Å². The Bertz CT molecular complexity index is 570. The van der Waals surface area contributed by atoms with Gasteiger partial charge in [0.25, 0.3) is 0 Å². The highest BCUT2D eigenvalue weighted by Gasteiger charge is 2.05. The zero-order valence-electron chi connectivity index (χ0n) is 11.5. The fraction of sp³-hybridized carbons (Fsp3) is 0.333. The summed E-state index contributed by atoms with van der Waals surface area (Å²) in [6.07, 6.45) is 0.522. The fourth-order valence-corrected chi connectivity index (χ4v) is 1.90. The van der Waals surface area contributed by atoms with Gasteiger partial charge in [-0.15, -0.1) is 0 Å². The molecule has 0 saturated carbocycles. The zero-order valence-corrected chi connectivity index (χ0v) is 11.5. The predicted octanol–water partition coefficient (Wildman–Crippen LogP) is 2.90. The second-order valence-electron chi connectivity index (χ2n) is 4.49. The standard InChI is InChI=1S/C15H18N2O2/c1-4-15(18)12-5-7-14(8-6-12)19-10-13-9-11(2)16-17(13)3/h5-9H,4,10H2,1-3H3. The summed E-state index contributed by atoms with van der Waals surface area (Å²) in [4.78, 5) is 11.5. The molecule has 1 aromatic heterocycles. The van der Waals surface area contributed by atoms with Crippen LogP contribution in [0.2, 0.25) is 0 Å². The van der Waals surface area contributed by atoms with Crippen molar-refractivity contribution in [2.24, 2.45) is 7.05 Å². The molecule has 0 N–H and O–H groups in total. The van der Waals surface area contributed by atoms with Gasteiger partial charge in [0.05, 0.1) is 11.4 Å². The topological polar surface area (TPSA) is 44.1 Å². The lowest BCUT2D eigenvalue weighted by molar-refractivity contribution is 0.0988. The number of hydrogen-bond acceptors (Lipinski definition) is 3. The summed E-state index contributed by atoms with van der Waals surface area (Å²) in [6, 6.07) is 9.25. The van der Waals surface area contributed by atoms with Crippen molar-refractivity contribution in [2.45, 2.75) is 26.9 Å². The number of carbonyl (C=O) groups excluding carboxylic acids is 1. The Labute approximate surface area is 113 Å². The number of benzene rings is 1. The Morgan fingerprint density at radius 2 is 2.00 bits per heavy atom. The molecule has 100 valence electrons. The number of carbonyl (C=O) groups is 1. The molecule has 0 radical (unpaired) electrons. The Balaban J connectivity index is 2.00. The molecule has 0 bridgehead atoms. The van der Waals surface area contributed by atoms with E-state index in [0.29, 0.717) is 13.0 Å². The van der Waals surface area contributed by atoms with Gasteiger partial charge in [0, 0.05) is 19.0 Å². The smallest absolute Gasteiger partial charge is 0.162 e. The predicted molar refractivity (Wildman–Crippen MR) is 73.3 cm³/mol. The molecule has 0 aliphatic carbocycles. The molecule has 0 aliphatic heterocycles. The molecule has 4 heteroatoms. The minimum atomic E-state index is 0.147. The van der Waals surface area contributed by atoms with Gasteiger partial charge in [-0.1, -0.05) is 6.92 Å². The van der Waals surface area contributed by atoms with Crippen molar-refractivity contribution < 1.29 is 9.53 Å². The van der Waals surface area contributed by atoms with Crippen molar-refractivity contribution in [2.75, 3.05) is 0 Å². The summed E-state index contributed by atoms with van der Waals surface area (Å²) < 4.78 is 7.49. The number of aromatic nitrogens is 2. The van der Waals surface area contributed by atoms with Gasteiger partial charge >= 0.3 is 0 Å². The first kappa shape index (κ1) is 13.3. The van der Waals surface area contributed by atoms with Crippen LogP contribution in [-0.4, -0.2) is 15.6 Å². The van der Waals surface area contributed by atoms with Crippen LogP contribution in [0.25, 0.3) is 0 Å². The van der Waals surface area contributed by atoms with Crippen LogP contribution in [0.4, 0.5) is 0 Å². The summed E-state index contributed by atoms with van der Waals surface area (Å²) in [5.41, 5.74) is 2.72. The molecule has 1 heterocycles. The molecule has 1 aromatic carbocycles. The van der Waals surface area contributed by atoms with E-state index in [1.54, 1.807) is 12.1 Å². The first-order valence-corrected chi connectivity index (χ1v) is 6.35. The van der Waals surface area contributed by atoms with E-state index in [1.165, 1.54) is 0 Å². The van der Waals surface area contributed by atoms with Gasteiger partial charge in [0.1, 0.15) is 12.4 Å². The van der Waals surface area contributed by atoms with E-state index in [1.807, 2.05) is 43.8 Å². The highest BCUT2D eigenvalue weighted by molar-refractivity contribution is 5.95. The van der Waals surface area contributed by atoms with Crippen LogP contribution in [0.1, 0.15) is 35.1 Å².